The van der Waals surface area contributed by atoms with Crippen LogP contribution in [-0.4, -0.2) is 23.9 Å². The summed E-state index contributed by atoms with van der Waals surface area (Å²) in [6.07, 6.45) is 0. The molecule has 0 aliphatic rings. The molecule has 18 heavy (non-hydrogen) atoms. The van der Waals surface area contributed by atoms with Gasteiger partial charge in [-0.2, -0.15) is 0 Å². The molecular weight excluding hydrogens is 270 g/mol. The Bertz CT molecular complexity index is 371. The molecule has 1 unspecified atom stereocenters. The van der Waals surface area contributed by atoms with Crippen molar-refractivity contribution in [3.05, 3.63) is 35.9 Å². The van der Waals surface area contributed by atoms with Crippen molar-refractivity contribution in [2.75, 3.05) is 7.11 Å². The second kappa shape index (κ2) is 7.67. The zero-order chi connectivity index (χ0) is 12.9. The van der Waals surface area contributed by atoms with Gasteiger partial charge in [-0.3, -0.25) is 4.79 Å². The van der Waals surface area contributed by atoms with Gasteiger partial charge < -0.3 is 10.5 Å². The first-order chi connectivity index (χ1) is 7.97. The zero-order valence-electron chi connectivity index (χ0n) is 10.9. The van der Waals surface area contributed by atoms with Crippen LogP contribution in [0.15, 0.2) is 30.3 Å². The molecule has 0 radical (unpaired) electrons. The molecule has 0 heterocycles. The van der Waals surface area contributed by atoms with Crippen molar-refractivity contribution in [3.8, 4) is 0 Å². The van der Waals surface area contributed by atoms with Crippen molar-refractivity contribution in [2.24, 2.45) is 5.73 Å². The third kappa shape index (κ3) is 4.88. The molecule has 0 saturated carbocycles. The molecule has 0 bridgehead atoms. The van der Waals surface area contributed by atoms with E-state index in [4.69, 9.17) is 5.73 Å². The Hall–Kier alpha value is -0.710. The third-order valence-electron chi connectivity index (χ3n) is 2.66. The van der Waals surface area contributed by atoms with E-state index in [0.717, 1.165) is 5.75 Å². The van der Waals surface area contributed by atoms with Gasteiger partial charge in [-0.05, 0) is 19.4 Å². The number of esters is 1. The highest BCUT2D eigenvalue weighted by molar-refractivity contribution is 7.99. The SMILES string of the molecule is COC(=O)C(N)C(C)(C)SCc1ccccc1.Cl. The fourth-order valence-corrected chi connectivity index (χ4v) is 2.35. The van der Waals surface area contributed by atoms with E-state index in [0.29, 0.717) is 0 Å². The van der Waals surface area contributed by atoms with Crippen molar-refractivity contribution in [1.82, 2.24) is 0 Å². The Morgan fingerprint density at radius 1 is 1.39 bits per heavy atom. The summed E-state index contributed by atoms with van der Waals surface area (Å²) in [5, 5.41) is 0. The van der Waals surface area contributed by atoms with Crippen LogP contribution in [0, 0.1) is 0 Å². The maximum absolute atomic E-state index is 11.4. The van der Waals surface area contributed by atoms with E-state index in [9.17, 15) is 4.79 Å². The molecule has 102 valence electrons. The molecule has 1 aromatic carbocycles. The van der Waals surface area contributed by atoms with Gasteiger partial charge in [0.25, 0.3) is 0 Å². The summed E-state index contributed by atoms with van der Waals surface area (Å²) in [6, 6.07) is 9.51. The molecule has 1 rings (SSSR count). The number of nitrogens with two attached hydrogens (primary N) is 1. The second-order valence-electron chi connectivity index (χ2n) is 4.38. The number of carbonyl (C=O) groups excluding carboxylic acids is 1. The lowest BCUT2D eigenvalue weighted by molar-refractivity contribution is -0.142. The Kier molecular flexibility index (Phi) is 7.36. The van der Waals surface area contributed by atoms with Gasteiger partial charge in [0.15, 0.2) is 0 Å². The normalized spacial score (nSPS) is 12.4. The topological polar surface area (TPSA) is 52.3 Å². The molecule has 0 spiro atoms. The maximum Gasteiger partial charge on any atom is 0.324 e. The Morgan fingerprint density at radius 2 is 1.94 bits per heavy atom. The highest BCUT2D eigenvalue weighted by Crippen LogP contribution is 2.30. The molecule has 0 aromatic heterocycles. The van der Waals surface area contributed by atoms with E-state index in [1.165, 1.54) is 12.7 Å². The van der Waals surface area contributed by atoms with Gasteiger partial charge in [0.1, 0.15) is 6.04 Å². The number of halogens is 1. The molecule has 5 heteroatoms. The van der Waals surface area contributed by atoms with E-state index >= 15 is 0 Å². The van der Waals surface area contributed by atoms with E-state index in [2.05, 4.69) is 16.9 Å². The lowest BCUT2D eigenvalue weighted by Crippen LogP contribution is -2.47. The van der Waals surface area contributed by atoms with Crippen LogP contribution >= 0.6 is 24.2 Å². The van der Waals surface area contributed by atoms with Crippen molar-refractivity contribution in [1.29, 1.82) is 0 Å². The molecule has 1 aromatic rings. The van der Waals surface area contributed by atoms with Gasteiger partial charge in [-0.15, -0.1) is 24.2 Å². The van der Waals surface area contributed by atoms with Gasteiger partial charge in [0.05, 0.1) is 7.11 Å². The number of ether oxygens (including phenoxy) is 1. The van der Waals surface area contributed by atoms with Crippen LogP contribution in [-0.2, 0) is 15.3 Å². The fraction of sp³-hybridized carbons (Fsp3) is 0.462. The smallest absolute Gasteiger partial charge is 0.324 e. The van der Waals surface area contributed by atoms with E-state index in [1.54, 1.807) is 11.8 Å². The van der Waals surface area contributed by atoms with Gasteiger partial charge in [0, 0.05) is 10.5 Å². The quantitative estimate of drug-likeness (QED) is 0.847. The second-order valence-corrected chi connectivity index (χ2v) is 6.01. The number of carbonyl (C=O) groups is 1. The van der Waals surface area contributed by atoms with E-state index in [1.807, 2.05) is 32.0 Å². The summed E-state index contributed by atoms with van der Waals surface area (Å²) >= 11 is 1.66. The molecule has 0 aliphatic carbocycles. The lowest BCUT2D eigenvalue weighted by Gasteiger charge is -2.29. The van der Waals surface area contributed by atoms with Crippen LogP contribution < -0.4 is 5.73 Å². The highest BCUT2D eigenvalue weighted by Gasteiger charge is 2.33. The lowest BCUT2D eigenvalue weighted by atomic mass is 10.1. The number of rotatable bonds is 5. The van der Waals surface area contributed by atoms with Crippen LogP contribution in [0.4, 0.5) is 0 Å². The summed E-state index contributed by atoms with van der Waals surface area (Å²) in [5.41, 5.74) is 7.10. The summed E-state index contributed by atoms with van der Waals surface area (Å²) < 4.78 is 4.33. The molecule has 1 atom stereocenters. The fourth-order valence-electron chi connectivity index (χ4n) is 1.34. The molecule has 0 saturated heterocycles. The van der Waals surface area contributed by atoms with Crippen LogP contribution in [0.2, 0.25) is 0 Å². The zero-order valence-corrected chi connectivity index (χ0v) is 12.5. The van der Waals surface area contributed by atoms with Gasteiger partial charge in [-0.1, -0.05) is 30.3 Å². The predicted octanol–water partition coefficient (Wildman–Crippen LogP) is 2.62. The first kappa shape index (κ1) is 17.3. The average molecular weight is 290 g/mol. The summed E-state index contributed by atoms with van der Waals surface area (Å²) in [5.74, 6) is 0.467. The summed E-state index contributed by atoms with van der Waals surface area (Å²) in [4.78, 5) is 11.4. The minimum absolute atomic E-state index is 0. The van der Waals surface area contributed by atoms with E-state index in [-0.39, 0.29) is 23.1 Å². The van der Waals surface area contributed by atoms with Crippen LogP contribution in [0.1, 0.15) is 19.4 Å². The Morgan fingerprint density at radius 3 is 2.44 bits per heavy atom. The minimum atomic E-state index is -0.610. The van der Waals surface area contributed by atoms with Gasteiger partial charge >= 0.3 is 5.97 Å². The number of hydrogen-bond donors (Lipinski definition) is 1. The summed E-state index contributed by atoms with van der Waals surface area (Å²) in [6.45, 7) is 3.92. The third-order valence-corrected chi connectivity index (χ3v) is 4.13. The minimum Gasteiger partial charge on any atom is -0.468 e. The van der Waals surface area contributed by atoms with Crippen LogP contribution in [0.25, 0.3) is 0 Å². The number of methoxy groups -OCH3 is 1. The highest BCUT2D eigenvalue weighted by atomic mass is 35.5. The largest absolute Gasteiger partial charge is 0.468 e. The van der Waals surface area contributed by atoms with Crippen molar-refractivity contribution >= 4 is 30.1 Å². The van der Waals surface area contributed by atoms with Crippen molar-refractivity contribution in [3.63, 3.8) is 0 Å². The first-order valence-corrected chi connectivity index (χ1v) is 6.47. The maximum atomic E-state index is 11.4. The van der Waals surface area contributed by atoms with Crippen LogP contribution in [0.5, 0.6) is 0 Å². The van der Waals surface area contributed by atoms with Crippen molar-refractivity contribution < 1.29 is 9.53 Å². The molecular formula is C13H20ClNO2S. The Balaban J connectivity index is 0.00000289. The number of thioether (sulfide) groups is 1. The monoisotopic (exact) mass is 289 g/mol. The predicted molar refractivity (Wildman–Crippen MR) is 79.1 cm³/mol. The Labute approximate surface area is 119 Å². The summed E-state index contributed by atoms with van der Waals surface area (Å²) in [7, 11) is 1.36. The van der Waals surface area contributed by atoms with Gasteiger partial charge in [0.2, 0.25) is 0 Å². The first-order valence-electron chi connectivity index (χ1n) is 5.48. The molecule has 2 N–H and O–H groups in total. The number of benzene rings is 1. The standard InChI is InChI=1S/C13H19NO2S.ClH/c1-13(2,11(14)12(15)16-3)17-9-10-7-5-4-6-8-10;/h4-8,11H,9,14H2,1-3H3;1H. The van der Waals surface area contributed by atoms with E-state index < -0.39 is 6.04 Å². The number of hydrogen-bond acceptors (Lipinski definition) is 4. The molecule has 0 aliphatic heterocycles. The van der Waals surface area contributed by atoms with Gasteiger partial charge in [-0.25, -0.2) is 0 Å². The average Bonchev–Trinajstić information content (AvgIpc) is 2.36. The molecule has 0 fully saturated rings. The van der Waals surface area contributed by atoms with Crippen LogP contribution in [0.3, 0.4) is 0 Å². The molecule has 0 amide bonds. The molecule has 3 nitrogen and oxygen atoms in total. The van der Waals surface area contributed by atoms with Crippen molar-refractivity contribution in [2.45, 2.75) is 30.4 Å².